The van der Waals surface area contributed by atoms with Gasteiger partial charge < -0.3 is 10.3 Å². The van der Waals surface area contributed by atoms with E-state index in [1.165, 1.54) is 0 Å². The number of imidazole rings is 1. The van der Waals surface area contributed by atoms with Crippen molar-refractivity contribution in [1.29, 1.82) is 0 Å². The minimum absolute atomic E-state index is 0.216. The largest absolute Gasteiger partial charge is 0.338 e. The number of amides is 1. The predicted molar refractivity (Wildman–Crippen MR) is 123 cm³/mol. The SMILES string of the molecule is O=C(NC(=S)Nc1ccc(-c2nc3ccccc3[nH]2)cc1)c1ccc2nsnc2c1. The Balaban J connectivity index is 1.26. The van der Waals surface area contributed by atoms with Crippen molar-refractivity contribution in [2.45, 2.75) is 0 Å². The third-order valence-corrected chi connectivity index (χ3v) is 5.31. The van der Waals surface area contributed by atoms with Gasteiger partial charge in [0.2, 0.25) is 0 Å². The van der Waals surface area contributed by atoms with Crippen molar-refractivity contribution in [3.8, 4) is 11.4 Å². The molecule has 3 aromatic carbocycles. The summed E-state index contributed by atoms with van der Waals surface area (Å²) in [5.74, 6) is 0.492. The van der Waals surface area contributed by atoms with E-state index in [1.54, 1.807) is 18.2 Å². The van der Waals surface area contributed by atoms with Gasteiger partial charge in [0.05, 0.1) is 22.8 Å². The second kappa shape index (κ2) is 7.62. The molecule has 5 aromatic rings. The zero-order chi connectivity index (χ0) is 20.5. The molecule has 1 amide bonds. The Morgan fingerprint density at radius 2 is 1.73 bits per heavy atom. The number of H-pyrrole nitrogens is 1. The number of rotatable bonds is 3. The van der Waals surface area contributed by atoms with Crippen molar-refractivity contribution in [2.24, 2.45) is 0 Å². The third kappa shape index (κ3) is 3.63. The topological polar surface area (TPSA) is 95.6 Å². The first kappa shape index (κ1) is 18.3. The maximum atomic E-state index is 12.4. The van der Waals surface area contributed by atoms with Crippen molar-refractivity contribution in [1.82, 2.24) is 24.0 Å². The van der Waals surface area contributed by atoms with Crippen LogP contribution in [-0.4, -0.2) is 29.7 Å². The first-order valence-electron chi connectivity index (χ1n) is 9.05. The molecule has 0 saturated heterocycles. The number of nitrogens with one attached hydrogen (secondary N) is 3. The van der Waals surface area contributed by atoms with Gasteiger partial charge in [-0.1, -0.05) is 12.1 Å². The van der Waals surface area contributed by atoms with E-state index >= 15 is 0 Å². The lowest BCUT2D eigenvalue weighted by atomic mass is 10.2. The lowest BCUT2D eigenvalue weighted by Gasteiger charge is -2.10. The van der Waals surface area contributed by atoms with Gasteiger partial charge in [-0.05, 0) is 66.8 Å². The smallest absolute Gasteiger partial charge is 0.257 e. The Morgan fingerprint density at radius 3 is 2.57 bits per heavy atom. The summed E-state index contributed by atoms with van der Waals surface area (Å²) in [6.45, 7) is 0. The highest BCUT2D eigenvalue weighted by molar-refractivity contribution is 7.80. The number of hydrogen-bond donors (Lipinski definition) is 3. The van der Waals surface area contributed by atoms with Gasteiger partial charge in [0.15, 0.2) is 5.11 Å². The molecule has 0 unspecified atom stereocenters. The van der Waals surface area contributed by atoms with Gasteiger partial charge in [-0.2, -0.15) is 8.75 Å². The molecule has 0 radical (unpaired) electrons. The Hall–Kier alpha value is -3.69. The Kier molecular flexibility index (Phi) is 4.66. The molecular formula is C21H14N6OS2. The number of carbonyl (C=O) groups is 1. The van der Waals surface area contributed by atoms with Crippen LogP contribution in [0.4, 0.5) is 5.69 Å². The van der Waals surface area contributed by atoms with E-state index in [9.17, 15) is 4.79 Å². The highest BCUT2D eigenvalue weighted by Crippen LogP contribution is 2.22. The van der Waals surface area contributed by atoms with Gasteiger partial charge in [0.1, 0.15) is 16.9 Å². The number of nitrogens with zero attached hydrogens (tertiary/aromatic N) is 3. The number of benzene rings is 3. The molecule has 3 N–H and O–H groups in total. The summed E-state index contributed by atoms with van der Waals surface area (Å²) in [6.07, 6.45) is 0. The summed E-state index contributed by atoms with van der Waals surface area (Å²) in [5.41, 5.74) is 5.56. The lowest BCUT2D eigenvalue weighted by Crippen LogP contribution is -2.34. The van der Waals surface area contributed by atoms with Crippen LogP contribution in [0, 0.1) is 0 Å². The Bertz CT molecular complexity index is 1360. The van der Waals surface area contributed by atoms with Crippen LogP contribution in [0.2, 0.25) is 0 Å². The monoisotopic (exact) mass is 430 g/mol. The molecule has 0 atom stereocenters. The quantitative estimate of drug-likeness (QED) is 0.368. The Morgan fingerprint density at radius 1 is 0.933 bits per heavy atom. The van der Waals surface area contributed by atoms with E-state index in [4.69, 9.17) is 12.2 Å². The molecule has 0 aliphatic heterocycles. The van der Waals surface area contributed by atoms with Crippen LogP contribution in [0.5, 0.6) is 0 Å². The number of thiocarbonyl (C=S) groups is 1. The van der Waals surface area contributed by atoms with Crippen molar-refractivity contribution >= 4 is 62.7 Å². The van der Waals surface area contributed by atoms with Crippen LogP contribution >= 0.6 is 23.9 Å². The van der Waals surface area contributed by atoms with Crippen LogP contribution in [0.25, 0.3) is 33.5 Å². The number of hydrogen-bond acceptors (Lipinski definition) is 6. The van der Waals surface area contributed by atoms with E-state index in [0.29, 0.717) is 11.1 Å². The number of carbonyl (C=O) groups excluding carboxylic acids is 1. The number of aromatic amines is 1. The summed E-state index contributed by atoms with van der Waals surface area (Å²) >= 11 is 6.39. The van der Waals surface area contributed by atoms with Crippen molar-refractivity contribution < 1.29 is 4.79 Å². The van der Waals surface area contributed by atoms with Crippen molar-refractivity contribution in [3.63, 3.8) is 0 Å². The first-order valence-corrected chi connectivity index (χ1v) is 10.2. The lowest BCUT2D eigenvalue weighted by molar-refractivity contribution is 0.0978. The van der Waals surface area contributed by atoms with Crippen LogP contribution < -0.4 is 10.6 Å². The first-order chi connectivity index (χ1) is 14.7. The second-order valence-corrected chi connectivity index (χ2v) is 7.49. The Labute approximate surface area is 180 Å². The second-order valence-electron chi connectivity index (χ2n) is 6.56. The number of para-hydroxylation sites is 2. The van der Waals surface area contributed by atoms with Gasteiger partial charge >= 0.3 is 0 Å². The highest BCUT2D eigenvalue weighted by atomic mass is 32.1. The van der Waals surface area contributed by atoms with Crippen LogP contribution in [-0.2, 0) is 0 Å². The fourth-order valence-corrected chi connectivity index (χ4v) is 3.79. The average Bonchev–Trinajstić information content (AvgIpc) is 3.40. The molecule has 0 aliphatic carbocycles. The standard InChI is InChI=1S/C21H14N6OS2/c28-20(13-7-10-17-18(11-13)27-30-26-17)25-21(29)22-14-8-5-12(6-9-14)19-23-15-3-1-2-4-16(15)24-19/h1-11H,(H,23,24)(H2,22,25,28,29). The molecule has 5 rings (SSSR count). The molecule has 30 heavy (non-hydrogen) atoms. The summed E-state index contributed by atoms with van der Waals surface area (Å²) in [4.78, 5) is 20.3. The predicted octanol–water partition coefficient (Wildman–Crippen LogP) is 4.36. The zero-order valence-corrected chi connectivity index (χ0v) is 17.1. The summed E-state index contributed by atoms with van der Waals surface area (Å²) in [5, 5.41) is 5.92. The molecule has 7 nitrogen and oxygen atoms in total. The van der Waals surface area contributed by atoms with E-state index in [-0.39, 0.29) is 11.0 Å². The van der Waals surface area contributed by atoms with Crippen molar-refractivity contribution in [3.05, 3.63) is 72.3 Å². The molecule has 146 valence electrons. The van der Waals surface area contributed by atoms with Gasteiger partial charge in [0.25, 0.3) is 5.91 Å². The van der Waals surface area contributed by atoms with Gasteiger partial charge in [-0.25, -0.2) is 4.98 Å². The third-order valence-electron chi connectivity index (χ3n) is 4.55. The fraction of sp³-hybridized carbons (Fsp3) is 0. The maximum Gasteiger partial charge on any atom is 0.257 e. The minimum atomic E-state index is -0.304. The van der Waals surface area contributed by atoms with E-state index in [1.807, 2.05) is 48.5 Å². The van der Waals surface area contributed by atoms with E-state index in [2.05, 4.69) is 29.3 Å². The molecule has 0 fully saturated rings. The molecule has 0 saturated carbocycles. The molecule has 2 heterocycles. The summed E-state index contributed by atoms with van der Waals surface area (Å²) in [6, 6.07) is 20.7. The normalized spacial score (nSPS) is 10.9. The highest BCUT2D eigenvalue weighted by Gasteiger charge is 2.11. The van der Waals surface area contributed by atoms with Crippen molar-refractivity contribution in [2.75, 3.05) is 5.32 Å². The molecule has 0 spiro atoms. The van der Waals surface area contributed by atoms with Gasteiger partial charge in [-0.15, -0.1) is 0 Å². The number of aromatic nitrogens is 4. The average molecular weight is 431 g/mol. The molecule has 0 aliphatic rings. The van der Waals surface area contributed by atoms with Crippen LogP contribution in [0.15, 0.2) is 66.7 Å². The molecule has 9 heteroatoms. The fourth-order valence-electron chi connectivity index (χ4n) is 3.06. The summed E-state index contributed by atoms with van der Waals surface area (Å²) in [7, 11) is 0. The number of anilines is 1. The number of fused-ring (bicyclic) bond motifs is 2. The molecule has 0 bridgehead atoms. The molecule has 2 aromatic heterocycles. The van der Waals surface area contributed by atoms with Crippen LogP contribution in [0.3, 0.4) is 0 Å². The van der Waals surface area contributed by atoms with Crippen LogP contribution in [0.1, 0.15) is 10.4 Å². The van der Waals surface area contributed by atoms with Gasteiger partial charge in [0, 0.05) is 16.8 Å². The summed E-state index contributed by atoms with van der Waals surface area (Å²) < 4.78 is 8.28. The maximum absolute atomic E-state index is 12.4. The minimum Gasteiger partial charge on any atom is -0.338 e. The van der Waals surface area contributed by atoms with Gasteiger partial charge in [-0.3, -0.25) is 10.1 Å². The van der Waals surface area contributed by atoms with E-state index < -0.39 is 0 Å². The van der Waals surface area contributed by atoms with E-state index in [0.717, 1.165) is 45.4 Å². The zero-order valence-electron chi connectivity index (χ0n) is 15.4. The molecular weight excluding hydrogens is 416 g/mol.